The molecule has 4 heteroatoms. The van der Waals surface area contributed by atoms with Crippen LogP contribution in [0.1, 0.15) is 6.92 Å². The molecule has 0 unspecified atom stereocenters. The number of carbonyl (C=O) groups is 1. The topological polar surface area (TPSA) is 46.5 Å². The van der Waals surface area contributed by atoms with Gasteiger partial charge in [0.1, 0.15) is 11.5 Å². The van der Waals surface area contributed by atoms with E-state index in [2.05, 4.69) is 6.58 Å². The van der Waals surface area contributed by atoms with E-state index >= 15 is 0 Å². The van der Waals surface area contributed by atoms with Gasteiger partial charge in [0.25, 0.3) is 0 Å². The van der Waals surface area contributed by atoms with Crippen molar-refractivity contribution in [3.05, 3.63) is 48.6 Å². The van der Waals surface area contributed by atoms with Gasteiger partial charge in [-0.1, -0.05) is 30.8 Å². The van der Waals surface area contributed by atoms with Crippen LogP contribution in [0.5, 0.6) is 11.5 Å². The molecule has 0 atom stereocenters. The van der Waals surface area contributed by atoms with Crippen LogP contribution < -0.4 is 4.74 Å². The Bertz CT molecular complexity index is 600. The third kappa shape index (κ3) is 2.98. The Hall–Kier alpha value is -1.19. The number of aromatic hydroxyl groups is 1. The summed E-state index contributed by atoms with van der Waals surface area (Å²) in [6, 6.07) is 10.4. The average Bonchev–Trinajstić information content (AvgIpc) is 2.29. The molecule has 2 aromatic carbocycles. The summed E-state index contributed by atoms with van der Waals surface area (Å²) in [6.45, 7) is 5.09. The fourth-order valence-electron chi connectivity index (χ4n) is 1.56. The predicted octanol–water partition coefficient (Wildman–Crippen LogP) is 3.02. The molecule has 1 radical (unpaired) electrons. The van der Waals surface area contributed by atoms with Crippen LogP contribution in [-0.2, 0) is 37.5 Å². The number of phenolic OH excluding ortho intramolecular Hbond substituents is 1. The van der Waals surface area contributed by atoms with Crippen LogP contribution in [-0.4, -0.2) is 11.1 Å². The molecule has 3 nitrogen and oxygen atoms in total. The van der Waals surface area contributed by atoms with Crippen molar-refractivity contribution >= 4 is 16.7 Å². The standard InChI is InChI=1S/C14H12O3.Y/c1-9(2)14(16)17-12-8-4-6-10-5-3-7-11(15)13(10)12;/h3-8,15H,1H2,2H3;. The van der Waals surface area contributed by atoms with Crippen molar-refractivity contribution in [3.8, 4) is 11.5 Å². The monoisotopic (exact) mass is 317 g/mol. The van der Waals surface area contributed by atoms with Gasteiger partial charge in [0.15, 0.2) is 0 Å². The van der Waals surface area contributed by atoms with E-state index in [-0.39, 0.29) is 38.5 Å². The molecule has 0 bridgehead atoms. The van der Waals surface area contributed by atoms with Crippen molar-refractivity contribution in [1.29, 1.82) is 0 Å². The summed E-state index contributed by atoms with van der Waals surface area (Å²) >= 11 is 0. The first-order valence-electron chi connectivity index (χ1n) is 5.18. The zero-order chi connectivity index (χ0) is 12.4. The van der Waals surface area contributed by atoms with Crippen molar-refractivity contribution < 1.29 is 47.3 Å². The van der Waals surface area contributed by atoms with Gasteiger partial charge in [0, 0.05) is 38.3 Å². The average molecular weight is 317 g/mol. The molecule has 0 spiro atoms. The van der Waals surface area contributed by atoms with Crippen LogP contribution in [0, 0.1) is 0 Å². The Morgan fingerprint density at radius 1 is 1.22 bits per heavy atom. The zero-order valence-corrected chi connectivity index (χ0v) is 12.9. The molecule has 0 aliphatic carbocycles. The molecular formula is C14H12O3Y. The quantitative estimate of drug-likeness (QED) is 0.526. The van der Waals surface area contributed by atoms with Gasteiger partial charge < -0.3 is 9.84 Å². The Morgan fingerprint density at radius 3 is 2.44 bits per heavy atom. The van der Waals surface area contributed by atoms with Crippen molar-refractivity contribution in [2.24, 2.45) is 0 Å². The maximum atomic E-state index is 11.5. The second kappa shape index (κ2) is 6.12. The first-order valence-corrected chi connectivity index (χ1v) is 5.18. The largest absolute Gasteiger partial charge is 0.507 e. The van der Waals surface area contributed by atoms with Crippen LogP contribution in [0.3, 0.4) is 0 Å². The Kier molecular flexibility index (Phi) is 5.06. The number of hydrogen-bond donors (Lipinski definition) is 1. The number of rotatable bonds is 2. The van der Waals surface area contributed by atoms with Gasteiger partial charge in [-0.15, -0.1) is 0 Å². The zero-order valence-electron chi connectivity index (χ0n) is 10.0. The van der Waals surface area contributed by atoms with Crippen molar-refractivity contribution in [3.63, 3.8) is 0 Å². The van der Waals surface area contributed by atoms with Gasteiger partial charge in [-0.25, -0.2) is 4.79 Å². The van der Waals surface area contributed by atoms with Crippen molar-refractivity contribution in [2.45, 2.75) is 6.92 Å². The molecule has 0 fully saturated rings. The molecule has 2 aromatic rings. The molecule has 0 aromatic heterocycles. The predicted molar refractivity (Wildman–Crippen MR) is 66.1 cm³/mol. The molecule has 0 heterocycles. The second-order valence-electron chi connectivity index (χ2n) is 3.80. The van der Waals surface area contributed by atoms with E-state index in [0.29, 0.717) is 16.7 Å². The number of ether oxygens (including phenoxy) is 1. The van der Waals surface area contributed by atoms with Gasteiger partial charge in [-0.05, 0) is 24.4 Å². The van der Waals surface area contributed by atoms with Gasteiger partial charge in [-0.2, -0.15) is 0 Å². The van der Waals surface area contributed by atoms with Crippen molar-refractivity contribution in [1.82, 2.24) is 0 Å². The maximum absolute atomic E-state index is 11.5. The summed E-state index contributed by atoms with van der Waals surface area (Å²) in [7, 11) is 0. The molecule has 1 N–H and O–H groups in total. The van der Waals surface area contributed by atoms with Crippen molar-refractivity contribution in [2.75, 3.05) is 0 Å². The van der Waals surface area contributed by atoms with E-state index < -0.39 is 5.97 Å². The van der Waals surface area contributed by atoms with E-state index in [1.54, 1.807) is 31.2 Å². The van der Waals surface area contributed by atoms with Crippen LogP contribution in [0.2, 0.25) is 0 Å². The molecule has 89 valence electrons. The number of carbonyl (C=O) groups excluding carboxylic acids is 1. The van der Waals surface area contributed by atoms with E-state index in [4.69, 9.17) is 4.74 Å². The molecule has 0 aliphatic heterocycles. The smallest absolute Gasteiger partial charge is 0.338 e. The minimum absolute atomic E-state index is 0. The molecule has 0 aliphatic rings. The van der Waals surface area contributed by atoms with E-state index in [1.165, 1.54) is 0 Å². The van der Waals surface area contributed by atoms with Crippen LogP contribution in [0.4, 0.5) is 0 Å². The SMILES string of the molecule is C=C(C)C(=O)Oc1cccc2cccc(O)c12.[Y]. The Labute approximate surface area is 130 Å². The fourth-order valence-corrected chi connectivity index (χ4v) is 1.56. The summed E-state index contributed by atoms with van der Waals surface area (Å²) in [6.07, 6.45) is 0. The first-order chi connectivity index (χ1) is 8.09. The minimum Gasteiger partial charge on any atom is -0.507 e. The third-order valence-corrected chi connectivity index (χ3v) is 2.40. The summed E-state index contributed by atoms with van der Waals surface area (Å²) in [5.74, 6) is -0.0676. The summed E-state index contributed by atoms with van der Waals surface area (Å²) in [5, 5.41) is 11.1. The molecule has 0 saturated carbocycles. The third-order valence-electron chi connectivity index (χ3n) is 2.40. The minimum atomic E-state index is -0.499. The number of fused-ring (bicyclic) bond motifs is 1. The van der Waals surface area contributed by atoms with Crippen LogP contribution in [0.15, 0.2) is 48.6 Å². The molecule has 0 saturated heterocycles. The van der Waals surface area contributed by atoms with Crippen LogP contribution >= 0.6 is 0 Å². The van der Waals surface area contributed by atoms with Gasteiger partial charge in [-0.3, -0.25) is 0 Å². The van der Waals surface area contributed by atoms with Crippen LogP contribution in [0.25, 0.3) is 10.8 Å². The molecule has 18 heavy (non-hydrogen) atoms. The van der Waals surface area contributed by atoms with E-state index in [0.717, 1.165) is 5.39 Å². The number of esters is 1. The normalized spacial score (nSPS) is 9.61. The fraction of sp³-hybridized carbons (Fsp3) is 0.0714. The summed E-state index contributed by atoms with van der Waals surface area (Å²) in [5.41, 5.74) is 0.317. The number of benzene rings is 2. The summed E-state index contributed by atoms with van der Waals surface area (Å²) < 4.78 is 5.17. The van der Waals surface area contributed by atoms with E-state index in [1.807, 2.05) is 12.1 Å². The van der Waals surface area contributed by atoms with Gasteiger partial charge in [0.05, 0.1) is 5.39 Å². The summed E-state index contributed by atoms with van der Waals surface area (Å²) in [4.78, 5) is 11.5. The first kappa shape index (κ1) is 14.9. The maximum Gasteiger partial charge on any atom is 0.338 e. The Morgan fingerprint density at radius 2 is 1.83 bits per heavy atom. The number of phenols is 1. The number of hydrogen-bond acceptors (Lipinski definition) is 3. The molecular weight excluding hydrogens is 305 g/mol. The van der Waals surface area contributed by atoms with Gasteiger partial charge in [0.2, 0.25) is 0 Å². The molecule has 2 rings (SSSR count). The second-order valence-corrected chi connectivity index (χ2v) is 3.80. The molecule has 0 amide bonds. The van der Waals surface area contributed by atoms with Gasteiger partial charge >= 0.3 is 5.97 Å². The Balaban J connectivity index is 0.00000162. The van der Waals surface area contributed by atoms with E-state index in [9.17, 15) is 9.90 Å².